The van der Waals surface area contributed by atoms with Crippen LogP contribution in [-0.4, -0.2) is 44.7 Å². The molecule has 2 atom stereocenters. The van der Waals surface area contributed by atoms with Crippen LogP contribution in [0.25, 0.3) is 5.69 Å². The zero-order valence-electron chi connectivity index (χ0n) is 14.9. The standard InChI is InChI=1S/C19H24ClN5O/c1-12(21)14-5-4-10-24(11-14)19(26)17-22-18(13-8-9-13)25(23-17)16-7-3-2-6-15(16)20/h2-3,6-7,12-14H,4-5,8-11,21H2,1H3. The number of aromatic nitrogens is 3. The Morgan fingerprint density at radius 1 is 1.31 bits per heavy atom. The normalized spacial score (nSPS) is 21.7. The van der Waals surface area contributed by atoms with Gasteiger partial charge in [0.15, 0.2) is 0 Å². The lowest BCUT2D eigenvalue weighted by atomic mass is 9.92. The van der Waals surface area contributed by atoms with E-state index in [0.717, 1.165) is 43.7 Å². The number of carbonyl (C=O) groups is 1. The lowest BCUT2D eigenvalue weighted by Crippen LogP contribution is -2.45. The number of rotatable bonds is 4. The summed E-state index contributed by atoms with van der Waals surface area (Å²) in [4.78, 5) is 19.5. The Hall–Kier alpha value is -1.92. The van der Waals surface area contributed by atoms with Gasteiger partial charge in [-0.1, -0.05) is 23.7 Å². The third kappa shape index (κ3) is 3.35. The molecule has 1 amide bonds. The summed E-state index contributed by atoms with van der Waals surface area (Å²) in [6.07, 6.45) is 4.19. The Morgan fingerprint density at radius 2 is 2.08 bits per heavy atom. The highest BCUT2D eigenvalue weighted by Crippen LogP contribution is 2.40. The summed E-state index contributed by atoms with van der Waals surface area (Å²) in [5.74, 6) is 1.68. The molecule has 1 aromatic heterocycles. The first-order valence-electron chi connectivity index (χ1n) is 9.31. The van der Waals surface area contributed by atoms with E-state index in [1.54, 1.807) is 4.68 Å². The highest BCUT2D eigenvalue weighted by Gasteiger charge is 2.34. The van der Waals surface area contributed by atoms with Crippen molar-refractivity contribution < 1.29 is 4.79 Å². The van der Waals surface area contributed by atoms with E-state index in [9.17, 15) is 4.79 Å². The van der Waals surface area contributed by atoms with E-state index in [2.05, 4.69) is 10.1 Å². The molecule has 4 rings (SSSR count). The molecule has 2 heterocycles. The van der Waals surface area contributed by atoms with Gasteiger partial charge >= 0.3 is 0 Å². The Balaban J connectivity index is 1.64. The maximum Gasteiger partial charge on any atom is 0.293 e. The summed E-state index contributed by atoms with van der Waals surface area (Å²) in [6.45, 7) is 3.42. The van der Waals surface area contributed by atoms with Crippen LogP contribution in [0.1, 0.15) is 55.0 Å². The smallest absolute Gasteiger partial charge is 0.293 e. The van der Waals surface area contributed by atoms with Crippen LogP contribution in [0.4, 0.5) is 0 Å². The van der Waals surface area contributed by atoms with Crippen molar-refractivity contribution >= 4 is 17.5 Å². The molecule has 138 valence electrons. The lowest BCUT2D eigenvalue weighted by Gasteiger charge is -2.33. The van der Waals surface area contributed by atoms with Crippen LogP contribution in [0.2, 0.25) is 5.02 Å². The van der Waals surface area contributed by atoms with Crippen molar-refractivity contribution in [3.8, 4) is 5.69 Å². The lowest BCUT2D eigenvalue weighted by molar-refractivity contribution is 0.0648. The molecular formula is C19H24ClN5O. The molecule has 2 unspecified atom stereocenters. The molecule has 1 saturated carbocycles. The minimum Gasteiger partial charge on any atom is -0.336 e. The molecule has 2 aromatic rings. The molecule has 1 aliphatic carbocycles. The van der Waals surface area contributed by atoms with Gasteiger partial charge in [-0.15, -0.1) is 5.10 Å². The molecule has 26 heavy (non-hydrogen) atoms. The molecule has 7 heteroatoms. The number of para-hydroxylation sites is 1. The predicted molar refractivity (Wildman–Crippen MR) is 101 cm³/mol. The van der Waals surface area contributed by atoms with Gasteiger partial charge in [0.1, 0.15) is 5.82 Å². The summed E-state index contributed by atoms with van der Waals surface area (Å²) in [5.41, 5.74) is 6.82. The average molecular weight is 374 g/mol. The number of halogens is 1. The molecule has 2 aliphatic rings. The second kappa shape index (κ2) is 7.00. The van der Waals surface area contributed by atoms with Crippen molar-refractivity contribution in [1.82, 2.24) is 19.7 Å². The molecule has 1 aliphatic heterocycles. The summed E-state index contributed by atoms with van der Waals surface area (Å²) in [6, 6.07) is 7.62. The number of carbonyl (C=O) groups excluding carboxylic acids is 1. The van der Waals surface area contributed by atoms with Gasteiger partial charge in [-0.2, -0.15) is 0 Å². The fourth-order valence-electron chi connectivity index (χ4n) is 3.59. The van der Waals surface area contributed by atoms with Gasteiger partial charge < -0.3 is 10.6 Å². The van der Waals surface area contributed by atoms with Gasteiger partial charge in [-0.05, 0) is 50.7 Å². The quantitative estimate of drug-likeness (QED) is 0.893. The number of amides is 1. The second-order valence-corrected chi connectivity index (χ2v) is 7.85. The maximum atomic E-state index is 13.0. The van der Waals surface area contributed by atoms with Crippen molar-refractivity contribution in [3.05, 3.63) is 40.9 Å². The largest absolute Gasteiger partial charge is 0.336 e. The first-order chi connectivity index (χ1) is 12.5. The van der Waals surface area contributed by atoms with Crippen molar-refractivity contribution in [2.45, 2.75) is 44.6 Å². The Morgan fingerprint density at radius 3 is 2.77 bits per heavy atom. The van der Waals surface area contributed by atoms with Crippen LogP contribution < -0.4 is 5.73 Å². The summed E-state index contributed by atoms with van der Waals surface area (Å²) in [7, 11) is 0. The van der Waals surface area contributed by atoms with Crippen LogP contribution in [0, 0.1) is 5.92 Å². The van der Waals surface area contributed by atoms with E-state index in [4.69, 9.17) is 17.3 Å². The number of piperidine rings is 1. The van der Waals surface area contributed by atoms with Gasteiger partial charge in [-0.3, -0.25) is 4.79 Å². The topological polar surface area (TPSA) is 77.0 Å². The molecule has 0 bridgehead atoms. The van der Waals surface area contributed by atoms with Crippen LogP contribution in [0.5, 0.6) is 0 Å². The zero-order valence-corrected chi connectivity index (χ0v) is 15.7. The van der Waals surface area contributed by atoms with Crippen LogP contribution >= 0.6 is 11.6 Å². The first-order valence-corrected chi connectivity index (χ1v) is 9.69. The fraction of sp³-hybridized carbons (Fsp3) is 0.526. The number of likely N-dealkylation sites (tertiary alicyclic amines) is 1. The molecule has 1 aromatic carbocycles. The zero-order chi connectivity index (χ0) is 18.3. The average Bonchev–Trinajstić information content (AvgIpc) is 3.40. The van der Waals surface area contributed by atoms with E-state index >= 15 is 0 Å². The minimum atomic E-state index is -0.108. The summed E-state index contributed by atoms with van der Waals surface area (Å²) >= 11 is 6.35. The van der Waals surface area contributed by atoms with Gasteiger partial charge in [0.25, 0.3) is 5.91 Å². The van der Waals surface area contributed by atoms with Crippen LogP contribution in [0.15, 0.2) is 24.3 Å². The highest BCUT2D eigenvalue weighted by molar-refractivity contribution is 6.32. The van der Waals surface area contributed by atoms with E-state index in [0.29, 0.717) is 23.4 Å². The minimum absolute atomic E-state index is 0.0845. The van der Waals surface area contributed by atoms with Gasteiger partial charge in [0, 0.05) is 25.0 Å². The molecule has 6 nitrogen and oxygen atoms in total. The number of nitrogens with zero attached hydrogens (tertiary/aromatic N) is 4. The van der Waals surface area contributed by atoms with Crippen LogP contribution in [-0.2, 0) is 0 Å². The van der Waals surface area contributed by atoms with E-state index in [1.165, 1.54) is 0 Å². The molecular weight excluding hydrogens is 350 g/mol. The Bertz CT molecular complexity index is 814. The number of nitrogens with two attached hydrogens (primary N) is 1. The van der Waals surface area contributed by atoms with E-state index < -0.39 is 0 Å². The molecule has 2 fully saturated rings. The van der Waals surface area contributed by atoms with E-state index in [1.807, 2.05) is 36.1 Å². The SMILES string of the molecule is CC(N)C1CCCN(C(=O)c2nc(C3CC3)n(-c3ccccc3Cl)n2)C1. The van der Waals surface area contributed by atoms with Crippen molar-refractivity contribution in [1.29, 1.82) is 0 Å². The van der Waals surface area contributed by atoms with E-state index in [-0.39, 0.29) is 17.8 Å². The van der Waals surface area contributed by atoms with Crippen molar-refractivity contribution in [2.24, 2.45) is 11.7 Å². The molecule has 1 saturated heterocycles. The Kier molecular flexibility index (Phi) is 4.71. The molecule has 2 N–H and O–H groups in total. The van der Waals surface area contributed by atoms with Crippen molar-refractivity contribution in [2.75, 3.05) is 13.1 Å². The third-order valence-electron chi connectivity index (χ3n) is 5.34. The molecule has 0 spiro atoms. The van der Waals surface area contributed by atoms with Gasteiger partial charge in [0.2, 0.25) is 5.82 Å². The van der Waals surface area contributed by atoms with Crippen LogP contribution in [0.3, 0.4) is 0 Å². The Labute approximate surface area is 158 Å². The van der Waals surface area contributed by atoms with Gasteiger partial charge in [-0.25, -0.2) is 9.67 Å². The molecule has 0 radical (unpaired) electrons. The first kappa shape index (κ1) is 17.5. The number of hydrogen-bond donors (Lipinski definition) is 1. The maximum absolute atomic E-state index is 13.0. The highest BCUT2D eigenvalue weighted by atomic mass is 35.5. The predicted octanol–water partition coefficient (Wildman–Crippen LogP) is 3.00. The fourth-order valence-corrected chi connectivity index (χ4v) is 3.80. The third-order valence-corrected chi connectivity index (χ3v) is 5.65. The second-order valence-electron chi connectivity index (χ2n) is 7.44. The van der Waals surface area contributed by atoms with Crippen molar-refractivity contribution in [3.63, 3.8) is 0 Å². The number of benzene rings is 1. The number of hydrogen-bond acceptors (Lipinski definition) is 4. The van der Waals surface area contributed by atoms with Gasteiger partial charge in [0.05, 0.1) is 10.7 Å². The summed E-state index contributed by atoms with van der Waals surface area (Å²) < 4.78 is 1.75. The monoisotopic (exact) mass is 373 g/mol. The summed E-state index contributed by atoms with van der Waals surface area (Å²) in [5, 5.41) is 5.15.